The molecule has 2 heterocycles. The van der Waals surface area contributed by atoms with Crippen molar-refractivity contribution in [1.82, 2.24) is 10.2 Å². The molecule has 0 aliphatic rings. The van der Waals surface area contributed by atoms with Gasteiger partial charge in [-0.2, -0.15) is 0 Å². The molecule has 0 fully saturated rings. The van der Waals surface area contributed by atoms with Crippen molar-refractivity contribution in [3.8, 4) is 17.2 Å². The number of ether oxygens (including phenoxy) is 1. The minimum absolute atomic E-state index is 0.102. The lowest BCUT2D eigenvalue weighted by Crippen LogP contribution is -1.88. The van der Waals surface area contributed by atoms with Crippen molar-refractivity contribution < 1.29 is 13.9 Å². The Bertz CT molecular complexity index is 736. The Morgan fingerprint density at radius 1 is 1.24 bits per heavy atom. The number of nitrogens with zero attached hydrogens (tertiary/aromatic N) is 2. The summed E-state index contributed by atoms with van der Waals surface area (Å²) in [5.41, 5.74) is 0.777. The molecule has 0 spiro atoms. The first-order valence-corrected chi connectivity index (χ1v) is 7.69. The predicted octanol–water partition coefficient (Wildman–Crippen LogP) is 3.74. The number of benzene rings is 1. The monoisotopic (exact) mass is 318 g/mol. The summed E-state index contributed by atoms with van der Waals surface area (Å²) in [6, 6.07) is 10.9. The van der Waals surface area contributed by atoms with Crippen molar-refractivity contribution in [3.05, 3.63) is 46.7 Å². The second-order valence-corrected chi connectivity index (χ2v) is 5.84. The smallest absolute Gasteiger partial charge is 0.284 e. The first-order chi connectivity index (χ1) is 10.3. The van der Waals surface area contributed by atoms with Crippen molar-refractivity contribution >= 4 is 28.2 Å². The molecule has 0 radical (unpaired) electrons. The van der Waals surface area contributed by atoms with Gasteiger partial charge >= 0.3 is 0 Å². The van der Waals surface area contributed by atoms with Crippen LogP contribution in [0.1, 0.15) is 9.67 Å². The van der Waals surface area contributed by atoms with Gasteiger partial charge in [0.05, 0.1) is 12.0 Å². The maximum absolute atomic E-state index is 11.9. The maximum atomic E-state index is 11.9. The van der Waals surface area contributed by atoms with Crippen LogP contribution in [-0.2, 0) is 0 Å². The van der Waals surface area contributed by atoms with Crippen LogP contribution in [0.15, 0.2) is 51.4 Å². The number of aromatic nitrogens is 2. The molecule has 3 rings (SSSR count). The summed E-state index contributed by atoms with van der Waals surface area (Å²) in [4.78, 5) is 12.6. The average molecular weight is 318 g/mol. The van der Waals surface area contributed by atoms with E-state index < -0.39 is 0 Å². The summed E-state index contributed by atoms with van der Waals surface area (Å²) in [6.07, 6.45) is 0. The topological polar surface area (TPSA) is 65.2 Å². The third-order valence-electron chi connectivity index (χ3n) is 2.65. The van der Waals surface area contributed by atoms with Crippen LogP contribution in [0.4, 0.5) is 0 Å². The van der Waals surface area contributed by atoms with E-state index in [1.807, 2.05) is 35.7 Å². The van der Waals surface area contributed by atoms with Gasteiger partial charge in [-0.05, 0) is 35.7 Å². The fourth-order valence-electron chi connectivity index (χ4n) is 1.63. The van der Waals surface area contributed by atoms with E-state index >= 15 is 0 Å². The van der Waals surface area contributed by atoms with Gasteiger partial charge in [-0.1, -0.05) is 6.07 Å². The number of thioether (sulfide) groups is 1. The zero-order valence-electron chi connectivity index (χ0n) is 11.0. The van der Waals surface area contributed by atoms with E-state index in [1.165, 1.54) is 11.3 Å². The fourth-order valence-corrected chi connectivity index (χ4v) is 2.98. The van der Waals surface area contributed by atoms with Gasteiger partial charge in [0, 0.05) is 17.3 Å². The summed E-state index contributed by atoms with van der Waals surface area (Å²) < 4.78 is 10.6. The van der Waals surface area contributed by atoms with E-state index in [4.69, 9.17) is 9.15 Å². The molecule has 1 aromatic carbocycles. The van der Waals surface area contributed by atoms with Gasteiger partial charge in [0.2, 0.25) is 11.0 Å². The Hall–Kier alpha value is -2.12. The second-order valence-electron chi connectivity index (χ2n) is 3.97. The van der Waals surface area contributed by atoms with Gasteiger partial charge in [0.25, 0.3) is 5.22 Å². The van der Waals surface area contributed by atoms with Crippen LogP contribution in [0.25, 0.3) is 11.5 Å². The maximum Gasteiger partial charge on any atom is 0.284 e. The molecule has 0 aliphatic carbocycles. The highest BCUT2D eigenvalue weighted by molar-refractivity contribution is 8.14. The molecule has 0 amide bonds. The molecule has 21 heavy (non-hydrogen) atoms. The molecular formula is C14H10N2O3S2. The molecule has 7 heteroatoms. The molecule has 0 atom stereocenters. The zero-order valence-corrected chi connectivity index (χ0v) is 12.6. The Labute approximate surface area is 129 Å². The van der Waals surface area contributed by atoms with Crippen molar-refractivity contribution in [1.29, 1.82) is 0 Å². The van der Waals surface area contributed by atoms with Crippen LogP contribution in [-0.4, -0.2) is 22.4 Å². The van der Waals surface area contributed by atoms with E-state index in [1.54, 1.807) is 13.2 Å². The Balaban J connectivity index is 1.75. The Morgan fingerprint density at radius 2 is 2.05 bits per heavy atom. The number of rotatable bonds is 4. The van der Waals surface area contributed by atoms with Crippen LogP contribution in [0.2, 0.25) is 0 Å². The summed E-state index contributed by atoms with van der Waals surface area (Å²) >= 11 is 2.31. The first-order valence-electron chi connectivity index (χ1n) is 6.00. The van der Waals surface area contributed by atoms with E-state index in [-0.39, 0.29) is 10.3 Å². The van der Waals surface area contributed by atoms with Crippen molar-refractivity contribution in [2.45, 2.75) is 5.22 Å². The molecule has 0 unspecified atom stereocenters. The summed E-state index contributed by atoms with van der Waals surface area (Å²) in [5, 5.41) is 9.82. The minimum atomic E-state index is -0.102. The molecule has 106 valence electrons. The highest BCUT2D eigenvalue weighted by Crippen LogP contribution is 2.27. The van der Waals surface area contributed by atoms with Gasteiger partial charge in [0.1, 0.15) is 5.75 Å². The normalized spacial score (nSPS) is 10.5. The molecule has 0 saturated carbocycles. The van der Waals surface area contributed by atoms with Crippen LogP contribution in [0.5, 0.6) is 5.75 Å². The Kier molecular flexibility index (Phi) is 4.03. The van der Waals surface area contributed by atoms with E-state index in [0.717, 1.165) is 23.1 Å². The number of carbonyl (C=O) groups is 1. The fraction of sp³-hybridized carbons (Fsp3) is 0.0714. The summed E-state index contributed by atoms with van der Waals surface area (Å²) in [6.45, 7) is 0. The van der Waals surface area contributed by atoms with E-state index in [2.05, 4.69) is 10.2 Å². The molecule has 0 aliphatic heterocycles. The largest absolute Gasteiger partial charge is 0.497 e. The number of methoxy groups -OCH3 is 1. The Morgan fingerprint density at radius 3 is 2.71 bits per heavy atom. The molecule has 0 saturated heterocycles. The molecular weight excluding hydrogens is 308 g/mol. The number of hydrogen-bond donors (Lipinski definition) is 0. The molecule has 3 aromatic rings. The van der Waals surface area contributed by atoms with E-state index in [0.29, 0.717) is 10.8 Å². The molecule has 5 nitrogen and oxygen atoms in total. The first kappa shape index (κ1) is 13.8. The molecule has 0 N–H and O–H groups in total. The molecule has 0 bridgehead atoms. The summed E-state index contributed by atoms with van der Waals surface area (Å²) in [7, 11) is 1.60. The van der Waals surface area contributed by atoms with Crippen LogP contribution >= 0.6 is 23.1 Å². The van der Waals surface area contributed by atoms with Crippen molar-refractivity contribution in [2.24, 2.45) is 0 Å². The number of thiophene rings is 1. The quantitative estimate of drug-likeness (QED) is 0.683. The lowest BCUT2D eigenvalue weighted by molar-refractivity contribution is 0.109. The lowest BCUT2D eigenvalue weighted by Gasteiger charge is -1.99. The number of carbonyl (C=O) groups excluding carboxylic acids is 1. The third kappa shape index (κ3) is 3.14. The lowest BCUT2D eigenvalue weighted by atomic mass is 10.2. The predicted molar refractivity (Wildman–Crippen MR) is 80.8 cm³/mol. The number of hydrogen-bond acceptors (Lipinski definition) is 7. The van der Waals surface area contributed by atoms with Crippen LogP contribution < -0.4 is 4.74 Å². The average Bonchev–Trinajstić information content (AvgIpc) is 3.19. The van der Waals surface area contributed by atoms with Crippen molar-refractivity contribution in [2.75, 3.05) is 7.11 Å². The third-order valence-corrected chi connectivity index (χ3v) is 4.39. The van der Waals surface area contributed by atoms with Gasteiger partial charge in [0.15, 0.2) is 0 Å². The highest BCUT2D eigenvalue weighted by atomic mass is 32.2. The summed E-state index contributed by atoms with van der Waals surface area (Å²) in [5.74, 6) is 1.12. The SMILES string of the molecule is COc1ccc(-c2nnc(SC(=O)c3cccs3)o2)cc1. The van der Waals surface area contributed by atoms with Gasteiger partial charge in [-0.15, -0.1) is 21.5 Å². The molecule has 2 aromatic heterocycles. The van der Waals surface area contributed by atoms with Crippen LogP contribution in [0.3, 0.4) is 0 Å². The second kappa shape index (κ2) is 6.11. The zero-order chi connectivity index (χ0) is 14.7. The highest BCUT2D eigenvalue weighted by Gasteiger charge is 2.15. The van der Waals surface area contributed by atoms with Crippen molar-refractivity contribution in [3.63, 3.8) is 0 Å². The van der Waals surface area contributed by atoms with Crippen LogP contribution in [0, 0.1) is 0 Å². The standard InChI is InChI=1S/C14H10N2O3S2/c1-18-10-6-4-9(5-7-10)12-15-16-14(19-12)21-13(17)11-3-2-8-20-11/h2-8H,1H3. The van der Waals surface area contributed by atoms with Gasteiger partial charge < -0.3 is 9.15 Å². The minimum Gasteiger partial charge on any atom is -0.497 e. The van der Waals surface area contributed by atoms with E-state index in [9.17, 15) is 4.79 Å². The van der Waals surface area contributed by atoms with Gasteiger partial charge in [-0.3, -0.25) is 4.79 Å². The van der Waals surface area contributed by atoms with Gasteiger partial charge in [-0.25, -0.2) is 0 Å².